The Hall–Kier alpha value is -2.51. The smallest absolute Gasteiger partial charge is 0.272 e. The lowest BCUT2D eigenvalue weighted by Crippen LogP contribution is -2.07. The van der Waals surface area contributed by atoms with Gasteiger partial charge in [0.1, 0.15) is 6.34 Å². The van der Waals surface area contributed by atoms with Gasteiger partial charge in [0.15, 0.2) is 0 Å². The van der Waals surface area contributed by atoms with E-state index in [-0.39, 0.29) is 5.95 Å². The normalized spacial score (nSPS) is 11.3. The third-order valence-electron chi connectivity index (χ3n) is 2.72. The molecule has 0 bridgehead atoms. The van der Waals surface area contributed by atoms with E-state index in [4.69, 9.17) is 11.6 Å². The second kappa shape index (κ2) is 5.86. The number of aromatic nitrogens is 4. The summed E-state index contributed by atoms with van der Waals surface area (Å²) < 4.78 is 1.63. The molecule has 0 unspecified atom stereocenters. The fourth-order valence-electron chi connectivity index (χ4n) is 1.81. The first-order valence-electron chi connectivity index (χ1n) is 6.07. The molecule has 3 aromatic rings. The number of nitrogens with zero attached hydrogens (tertiary/aromatic N) is 5. The van der Waals surface area contributed by atoms with E-state index in [1.54, 1.807) is 10.7 Å². The number of rotatable bonds is 4. The molecule has 1 N–H and O–H groups in total. The molecule has 2 aromatic heterocycles. The molecular formula is C13H11ClN6O. The number of hydrogen-bond acceptors (Lipinski definition) is 5. The monoisotopic (exact) mass is 302 g/mol. The molecule has 0 spiro atoms. The minimum atomic E-state index is 0.286. The Morgan fingerprint density at radius 2 is 2.10 bits per heavy atom. The third-order valence-corrected chi connectivity index (χ3v) is 2.97. The van der Waals surface area contributed by atoms with Crippen LogP contribution in [0.1, 0.15) is 0 Å². The maximum absolute atomic E-state index is 5.91. The van der Waals surface area contributed by atoms with Crippen LogP contribution >= 0.6 is 11.6 Å². The van der Waals surface area contributed by atoms with Crippen molar-refractivity contribution in [2.45, 2.75) is 0 Å². The van der Waals surface area contributed by atoms with Crippen LogP contribution in [0.5, 0.6) is 0 Å². The van der Waals surface area contributed by atoms with Crippen molar-refractivity contribution < 1.29 is 4.84 Å². The zero-order chi connectivity index (χ0) is 14.7. The standard InChI is InChI=1S/C13H11ClN6O/c1-21-17-8-16-12-18-13-15-7-6-11(20(13)19-12)9-2-4-10(14)5-3-9/h2-8H,1H3,(H,16,17,19). The van der Waals surface area contributed by atoms with Gasteiger partial charge in [-0.1, -0.05) is 23.7 Å². The molecule has 0 amide bonds. The maximum atomic E-state index is 5.91. The van der Waals surface area contributed by atoms with Crippen molar-refractivity contribution in [1.29, 1.82) is 0 Å². The summed E-state index contributed by atoms with van der Waals surface area (Å²) >= 11 is 5.91. The molecule has 0 saturated heterocycles. The molecule has 1 aromatic carbocycles. The van der Waals surface area contributed by atoms with E-state index in [1.165, 1.54) is 13.4 Å². The second-order valence-electron chi connectivity index (χ2n) is 4.04. The summed E-state index contributed by atoms with van der Waals surface area (Å²) in [6.07, 6.45) is 3.03. The van der Waals surface area contributed by atoms with Crippen molar-refractivity contribution in [2.75, 3.05) is 7.11 Å². The van der Waals surface area contributed by atoms with E-state index in [1.807, 2.05) is 30.3 Å². The van der Waals surface area contributed by atoms with Crippen LogP contribution in [0.2, 0.25) is 5.02 Å². The highest BCUT2D eigenvalue weighted by Gasteiger charge is 2.09. The molecule has 0 aliphatic carbocycles. The van der Waals surface area contributed by atoms with Crippen molar-refractivity contribution in [3.05, 3.63) is 41.6 Å². The maximum Gasteiger partial charge on any atom is 0.272 e. The van der Waals surface area contributed by atoms with Crippen molar-refractivity contribution in [3.63, 3.8) is 0 Å². The number of hydrogen-bond donors (Lipinski definition) is 1. The van der Waals surface area contributed by atoms with E-state index in [2.05, 4.69) is 30.4 Å². The van der Waals surface area contributed by atoms with Crippen LogP contribution in [-0.2, 0) is 4.84 Å². The van der Waals surface area contributed by atoms with Gasteiger partial charge in [0.2, 0.25) is 0 Å². The summed E-state index contributed by atoms with van der Waals surface area (Å²) in [5.41, 5.74) is 4.29. The number of halogens is 1. The number of fused-ring (bicyclic) bond motifs is 1. The predicted molar refractivity (Wildman–Crippen MR) is 79.5 cm³/mol. The summed E-state index contributed by atoms with van der Waals surface area (Å²) in [4.78, 5) is 17.0. The summed E-state index contributed by atoms with van der Waals surface area (Å²) in [7, 11) is 1.49. The first kappa shape index (κ1) is 13.5. The SMILES string of the molecule is CON/C=N/c1nc2nccc(-c3ccc(Cl)cc3)n2n1. The van der Waals surface area contributed by atoms with Gasteiger partial charge in [-0.2, -0.15) is 14.5 Å². The molecule has 0 aliphatic heterocycles. The van der Waals surface area contributed by atoms with Gasteiger partial charge in [0, 0.05) is 16.8 Å². The quantitative estimate of drug-likeness (QED) is 0.454. The Bertz CT molecular complexity index is 783. The van der Waals surface area contributed by atoms with Gasteiger partial charge in [0.25, 0.3) is 11.7 Å². The van der Waals surface area contributed by atoms with E-state index < -0.39 is 0 Å². The van der Waals surface area contributed by atoms with Crippen molar-refractivity contribution in [2.24, 2.45) is 4.99 Å². The Kier molecular flexibility index (Phi) is 3.76. The van der Waals surface area contributed by atoms with Crippen LogP contribution in [-0.4, -0.2) is 33.0 Å². The number of nitrogens with one attached hydrogen (secondary N) is 1. The Labute approximate surface area is 125 Å². The summed E-state index contributed by atoms with van der Waals surface area (Å²) in [5.74, 6) is 0.750. The molecule has 0 fully saturated rings. The lowest BCUT2D eigenvalue weighted by Gasteiger charge is -2.03. The molecule has 0 saturated carbocycles. The fourth-order valence-corrected chi connectivity index (χ4v) is 1.94. The lowest BCUT2D eigenvalue weighted by atomic mass is 10.1. The molecular weight excluding hydrogens is 292 g/mol. The highest BCUT2D eigenvalue weighted by molar-refractivity contribution is 6.30. The van der Waals surface area contributed by atoms with Gasteiger partial charge in [-0.05, 0) is 18.2 Å². The zero-order valence-corrected chi connectivity index (χ0v) is 11.8. The van der Waals surface area contributed by atoms with E-state index >= 15 is 0 Å². The summed E-state index contributed by atoms with van der Waals surface area (Å²) in [6, 6.07) is 9.32. The summed E-state index contributed by atoms with van der Waals surface area (Å²) in [5, 5.41) is 4.98. The highest BCUT2D eigenvalue weighted by Crippen LogP contribution is 2.22. The number of benzene rings is 1. The van der Waals surface area contributed by atoms with E-state index in [0.29, 0.717) is 10.8 Å². The Morgan fingerprint density at radius 1 is 1.29 bits per heavy atom. The molecule has 106 valence electrons. The van der Waals surface area contributed by atoms with Crippen molar-refractivity contribution in [3.8, 4) is 11.3 Å². The number of aliphatic imine (C=N–C) groups is 1. The van der Waals surface area contributed by atoms with Crippen LogP contribution in [0.15, 0.2) is 41.5 Å². The number of hydroxylamine groups is 1. The van der Waals surface area contributed by atoms with Crippen LogP contribution in [0.3, 0.4) is 0 Å². The lowest BCUT2D eigenvalue weighted by molar-refractivity contribution is 0.148. The van der Waals surface area contributed by atoms with Gasteiger partial charge in [-0.15, -0.1) is 5.10 Å². The predicted octanol–water partition coefficient (Wildman–Crippen LogP) is 2.26. The average molecular weight is 303 g/mol. The largest absolute Gasteiger partial charge is 0.279 e. The summed E-state index contributed by atoms with van der Waals surface area (Å²) in [6.45, 7) is 0. The zero-order valence-electron chi connectivity index (χ0n) is 11.1. The third kappa shape index (κ3) is 2.83. The van der Waals surface area contributed by atoms with Crippen LogP contribution in [0.25, 0.3) is 17.0 Å². The molecule has 21 heavy (non-hydrogen) atoms. The van der Waals surface area contributed by atoms with Crippen LogP contribution < -0.4 is 5.48 Å². The molecule has 3 rings (SSSR count). The van der Waals surface area contributed by atoms with Gasteiger partial charge in [-0.3, -0.25) is 10.3 Å². The molecule has 0 aliphatic rings. The first-order chi connectivity index (χ1) is 10.3. The molecule has 0 atom stereocenters. The molecule has 8 heteroatoms. The van der Waals surface area contributed by atoms with Crippen molar-refractivity contribution in [1.82, 2.24) is 25.1 Å². The molecule has 0 radical (unpaired) electrons. The molecule has 2 heterocycles. The highest BCUT2D eigenvalue weighted by atomic mass is 35.5. The minimum Gasteiger partial charge on any atom is -0.279 e. The van der Waals surface area contributed by atoms with Crippen molar-refractivity contribution >= 4 is 29.7 Å². The fraction of sp³-hybridized carbons (Fsp3) is 0.0769. The van der Waals surface area contributed by atoms with E-state index in [9.17, 15) is 0 Å². The Morgan fingerprint density at radius 3 is 2.86 bits per heavy atom. The van der Waals surface area contributed by atoms with Gasteiger partial charge in [-0.25, -0.2) is 4.98 Å². The van der Waals surface area contributed by atoms with Gasteiger partial charge < -0.3 is 0 Å². The topological polar surface area (TPSA) is 76.7 Å². The Balaban J connectivity index is 2.05. The average Bonchev–Trinajstić information content (AvgIpc) is 2.91. The minimum absolute atomic E-state index is 0.286. The van der Waals surface area contributed by atoms with Crippen LogP contribution in [0.4, 0.5) is 5.95 Å². The molecule has 7 nitrogen and oxygen atoms in total. The van der Waals surface area contributed by atoms with Gasteiger partial charge in [0.05, 0.1) is 12.8 Å². The first-order valence-corrected chi connectivity index (χ1v) is 6.44. The second-order valence-corrected chi connectivity index (χ2v) is 4.48. The van der Waals surface area contributed by atoms with E-state index in [0.717, 1.165) is 11.3 Å². The van der Waals surface area contributed by atoms with Gasteiger partial charge >= 0.3 is 0 Å². The van der Waals surface area contributed by atoms with Crippen LogP contribution in [0, 0.1) is 0 Å².